The number of ether oxygens (including phenoxy) is 4. The van der Waals surface area contributed by atoms with Gasteiger partial charge in [0.2, 0.25) is 0 Å². The van der Waals surface area contributed by atoms with Gasteiger partial charge in [0.15, 0.2) is 0 Å². The van der Waals surface area contributed by atoms with Crippen molar-refractivity contribution >= 4 is 29.1 Å². The van der Waals surface area contributed by atoms with Gasteiger partial charge in [-0.2, -0.15) is 0 Å². The highest BCUT2D eigenvalue weighted by molar-refractivity contribution is 14.1. The van der Waals surface area contributed by atoms with Crippen molar-refractivity contribution in [2.24, 2.45) is 32.5 Å². The molecule has 0 saturated heterocycles. The van der Waals surface area contributed by atoms with Crippen molar-refractivity contribution in [3.8, 4) is 0 Å². The molecular weight excluding hydrogens is 807 g/mol. The van der Waals surface area contributed by atoms with Crippen molar-refractivity contribution in [3.63, 3.8) is 0 Å². The number of hydrogen-bond donors (Lipinski definition) is 0. The monoisotopic (exact) mass is 907 g/mol. The van der Waals surface area contributed by atoms with Crippen LogP contribution in [0.5, 0.6) is 0 Å². The second-order valence-electron chi connectivity index (χ2n) is 22.6. The number of unbranched alkanes of at least 4 members (excludes halogenated alkanes) is 11. The SMILES string of the molecule is CCCCCCCC(C)(C)CC(C)(C)COCC(COC=O)(COCCC(C)(C)CC(C)(C)CCCCCC)COCC(C)(C)CC(C)(I)CCCCCCC. The van der Waals surface area contributed by atoms with Gasteiger partial charge < -0.3 is 18.9 Å². The van der Waals surface area contributed by atoms with Crippen molar-refractivity contribution in [2.45, 2.75) is 235 Å². The number of alkyl halides is 1. The molecule has 0 aliphatic heterocycles. The maximum atomic E-state index is 11.7. The zero-order chi connectivity index (χ0) is 42.8. The Morgan fingerprint density at radius 1 is 0.411 bits per heavy atom. The van der Waals surface area contributed by atoms with Crippen LogP contribution in [0.25, 0.3) is 0 Å². The smallest absolute Gasteiger partial charge is 0.293 e. The zero-order valence-electron chi connectivity index (χ0n) is 40.3. The lowest BCUT2D eigenvalue weighted by Crippen LogP contribution is -2.43. The van der Waals surface area contributed by atoms with E-state index in [0.717, 1.165) is 19.3 Å². The summed E-state index contributed by atoms with van der Waals surface area (Å²) in [7, 11) is 0. The van der Waals surface area contributed by atoms with Crippen LogP contribution in [0.4, 0.5) is 0 Å². The zero-order valence-corrected chi connectivity index (χ0v) is 42.5. The molecule has 0 bridgehead atoms. The predicted octanol–water partition coefficient (Wildman–Crippen LogP) is 15.8. The molecule has 2 unspecified atom stereocenters. The molecule has 0 aromatic carbocycles. The van der Waals surface area contributed by atoms with Crippen LogP contribution in [0.2, 0.25) is 0 Å². The van der Waals surface area contributed by atoms with Gasteiger partial charge in [-0.3, -0.25) is 4.79 Å². The van der Waals surface area contributed by atoms with Gasteiger partial charge in [-0.1, -0.05) is 209 Å². The fraction of sp³-hybridized carbons (Fsp3) is 0.980. The molecule has 0 aliphatic rings. The van der Waals surface area contributed by atoms with E-state index in [0.29, 0.717) is 51.5 Å². The van der Waals surface area contributed by atoms with E-state index < -0.39 is 5.41 Å². The van der Waals surface area contributed by atoms with Gasteiger partial charge in [0.05, 0.1) is 38.4 Å². The summed E-state index contributed by atoms with van der Waals surface area (Å²) in [6.07, 6.45) is 26.5. The molecule has 0 heterocycles. The fourth-order valence-corrected chi connectivity index (χ4v) is 11.0. The Labute approximate surface area is 364 Å². The lowest BCUT2D eigenvalue weighted by molar-refractivity contribution is -0.146. The predicted molar refractivity (Wildman–Crippen MR) is 252 cm³/mol. The highest BCUT2D eigenvalue weighted by atomic mass is 127. The van der Waals surface area contributed by atoms with Crippen LogP contribution in [0.1, 0.15) is 232 Å². The Balaban J connectivity index is 5.77. The van der Waals surface area contributed by atoms with Crippen LogP contribution < -0.4 is 0 Å². The van der Waals surface area contributed by atoms with E-state index in [9.17, 15) is 4.79 Å². The summed E-state index contributed by atoms with van der Waals surface area (Å²) in [6, 6.07) is 0. The third kappa shape index (κ3) is 30.2. The van der Waals surface area contributed by atoms with Crippen LogP contribution in [0.15, 0.2) is 0 Å². The van der Waals surface area contributed by atoms with Crippen molar-refractivity contribution in [1.29, 1.82) is 0 Å². The van der Waals surface area contributed by atoms with Gasteiger partial charge in [0.25, 0.3) is 6.47 Å². The molecular formula is C50H99IO5. The van der Waals surface area contributed by atoms with Crippen LogP contribution in [0.3, 0.4) is 0 Å². The minimum Gasteiger partial charge on any atom is -0.467 e. The first-order valence-electron chi connectivity index (χ1n) is 23.5. The van der Waals surface area contributed by atoms with Gasteiger partial charge in [0.1, 0.15) is 6.61 Å². The summed E-state index contributed by atoms with van der Waals surface area (Å²) in [5.74, 6) is 0. The van der Waals surface area contributed by atoms with E-state index in [4.69, 9.17) is 18.9 Å². The first kappa shape index (κ1) is 56.1. The van der Waals surface area contributed by atoms with E-state index in [1.54, 1.807) is 0 Å². The van der Waals surface area contributed by atoms with E-state index in [1.807, 2.05) is 0 Å². The standard InChI is InChI=1S/C50H99IO5/c1-15-18-21-24-27-30-45(6,7)35-47(10,11)37-54-40-50(42-56-43-52,39-53-33-32-46(8,9)34-44(4,5)29-26-23-20-17-3)41-55-38-48(12,13)36-49(14,51)31-28-25-22-19-16-2/h43H,15-42H2,1-14H3. The average molecular weight is 907 g/mol. The van der Waals surface area contributed by atoms with Gasteiger partial charge in [0, 0.05) is 10.0 Å². The Bertz CT molecular complexity index is 922. The number of carbonyl (C=O) groups is 1. The molecule has 0 N–H and O–H groups in total. The number of halogens is 1. The van der Waals surface area contributed by atoms with Crippen molar-refractivity contribution < 1.29 is 23.7 Å². The summed E-state index contributed by atoms with van der Waals surface area (Å²) >= 11 is 2.69. The van der Waals surface area contributed by atoms with E-state index in [2.05, 4.69) is 120 Å². The molecule has 0 rings (SSSR count). The van der Waals surface area contributed by atoms with Gasteiger partial charge in [-0.05, 0) is 72.0 Å². The lowest BCUT2D eigenvalue weighted by Gasteiger charge is -2.38. The fourth-order valence-electron chi connectivity index (χ4n) is 9.56. The quantitative estimate of drug-likeness (QED) is 0.0266. The van der Waals surface area contributed by atoms with Crippen molar-refractivity contribution in [3.05, 3.63) is 0 Å². The summed E-state index contributed by atoms with van der Waals surface area (Å²) in [6.45, 7) is 37.1. The molecule has 0 aliphatic carbocycles. The molecule has 0 aromatic rings. The molecule has 0 aromatic heterocycles. The molecule has 6 heteroatoms. The molecule has 5 nitrogen and oxygen atoms in total. The number of carbonyl (C=O) groups excluding carboxylic acids is 1. The van der Waals surface area contributed by atoms with Crippen molar-refractivity contribution in [2.75, 3.05) is 46.2 Å². The minimum absolute atomic E-state index is 0.00973. The Hall–Kier alpha value is 0.0800. The summed E-state index contributed by atoms with van der Waals surface area (Å²) in [4.78, 5) is 11.7. The largest absolute Gasteiger partial charge is 0.467 e. The number of hydrogen-bond acceptors (Lipinski definition) is 5. The Morgan fingerprint density at radius 3 is 1.25 bits per heavy atom. The van der Waals surface area contributed by atoms with E-state index in [1.165, 1.54) is 116 Å². The lowest BCUT2D eigenvalue weighted by atomic mass is 9.71. The van der Waals surface area contributed by atoms with Gasteiger partial charge >= 0.3 is 0 Å². The summed E-state index contributed by atoms with van der Waals surface area (Å²) in [5.41, 5.74) is 0.179. The van der Waals surface area contributed by atoms with Crippen LogP contribution >= 0.6 is 22.6 Å². The second kappa shape index (κ2) is 28.6. The Morgan fingerprint density at radius 2 is 0.786 bits per heavy atom. The van der Waals surface area contributed by atoms with Gasteiger partial charge in [-0.25, -0.2) is 0 Å². The topological polar surface area (TPSA) is 54.0 Å². The van der Waals surface area contributed by atoms with Crippen molar-refractivity contribution in [1.82, 2.24) is 0 Å². The Kier molecular flexibility index (Phi) is 28.6. The molecule has 56 heavy (non-hydrogen) atoms. The van der Waals surface area contributed by atoms with Crippen LogP contribution in [0, 0.1) is 32.5 Å². The third-order valence-electron chi connectivity index (χ3n) is 11.8. The summed E-state index contributed by atoms with van der Waals surface area (Å²) in [5, 5.41) is 0. The highest BCUT2D eigenvalue weighted by Crippen LogP contribution is 2.41. The first-order chi connectivity index (χ1) is 26.0. The minimum atomic E-state index is -0.586. The molecule has 0 radical (unpaired) electrons. The second-order valence-corrected chi connectivity index (χ2v) is 25.2. The normalized spacial score (nSPS) is 15.5. The molecule has 0 amide bonds. The molecule has 2 atom stereocenters. The molecule has 336 valence electrons. The highest BCUT2D eigenvalue weighted by Gasteiger charge is 2.37. The first-order valence-corrected chi connectivity index (χ1v) is 24.5. The van der Waals surface area contributed by atoms with Gasteiger partial charge in [-0.15, -0.1) is 0 Å². The summed E-state index contributed by atoms with van der Waals surface area (Å²) < 4.78 is 25.7. The average Bonchev–Trinajstić information content (AvgIpc) is 3.05. The van der Waals surface area contributed by atoms with Crippen LogP contribution in [-0.4, -0.2) is 56.1 Å². The molecule has 0 spiro atoms. The molecule has 0 saturated carbocycles. The third-order valence-corrected chi connectivity index (χ3v) is 12.7. The maximum absolute atomic E-state index is 11.7. The van der Waals surface area contributed by atoms with E-state index >= 15 is 0 Å². The maximum Gasteiger partial charge on any atom is 0.293 e. The number of rotatable bonds is 39. The molecule has 0 fully saturated rings. The van der Waals surface area contributed by atoms with E-state index in [-0.39, 0.29) is 31.7 Å². The van der Waals surface area contributed by atoms with Crippen LogP contribution in [-0.2, 0) is 23.7 Å².